The normalized spacial score (nSPS) is 17.1. The Morgan fingerprint density at radius 1 is 1.00 bits per heavy atom. The number of carboxylic acids is 1. The van der Waals surface area contributed by atoms with E-state index in [0.717, 1.165) is 48.9 Å². The number of aliphatic carboxylic acids is 1. The van der Waals surface area contributed by atoms with Gasteiger partial charge >= 0.3 is 12.3 Å². The minimum Gasteiger partial charge on any atom is -0.496 e. The van der Waals surface area contributed by atoms with Gasteiger partial charge in [-0.3, -0.25) is 9.59 Å². The predicted octanol–water partition coefficient (Wildman–Crippen LogP) is 6.59. The molecule has 1 fully saturated rings. The first kappa shape index (κ1) is 29.0. The maximum Gasteiger partial charge on any atom is 0.573 e. The Morgan fingerprint density at radius 3 is 2.38 bits per heavy atom. The van der Waals surface area contributed by atoms with Gasteiger partial charge < -0.3 is 24.3 Å². The molecule has 2 N–H and O–H groups in total. The van der Waals surface area contributed by atoms with Crippen molar-refractivity contribution in [2.75, 3.05) is 7.11 Å². The second-order valence-electron chi connectivity index (χ2n) is 10.5. The number of hydrogen-bond donors (Lipinski definition) is 2. The van der Waals surface area contributed by atoms with Crippen molar-refractivity contribution in [3.8, 4) is 22.6 Å². The van der Waals surface area contributed by atoms with E-state index in [9.17, 15) is 22.8 Å². The maximum atomic E-state index is 12.8. The predicted molar refractivity (Wildman–Crippen MR) is 148 cm³/mol. The number of ether oxygens (including phenoxy) is 2. The number of hydrogen-bond acceptors (Lipinski definition) is 5. The molecule has 2 aromatic carbocycles. The molecule has 1 saturated carbocycles. The Bertz CT molecular complexity index is 1580. The molecule has 1 aliphatic rings. The van der Waals surface area contributed by atoms with Gasteiger partial charge in [0.1, 0.15) is 22.8 Å². The molecule has 5 rings (SSSR count). The molecular weight excluding hydrogens is 551 g/mol. The molecule has 220 valence electrons. The van der Waals surface area contributed by atoms with Crippen LogP contribution >= 0.6 is 0 Å². The Hall–Kier alpha value is -4.54. The number of halogens is 3. The summed E-state index contributed by atoms with van der Waals surface area (Å²) in [6.45, 7) is -0.0935. The molecule has 8 nitrogen and oxygen atoms in total. The van der Waals surface area contributed by atoms with Gasteiger partial charge in [0.05, 0.1) is 7.11 Å². The first-order valence-corrected chi connectivity index (χ1v) is 13.6. The van der Waals surface area contributed by atoms with E-state index < -0.39 is 24.0 Å². The third kappa shape index (κ3) is 7.02. The number of rotatable bonds is 9. The molecule has 4 aromatic rings. The van der Waals surface area contributed by atoms with Crippen LogP contribution in [0.3, 0.4) is 0 Å². The first-order valence-electron chi connectivity index (χ1n) is 13.6. The lowest BCUT2D eigenvalue weighted by atomic mass is 9.77. The van der Waals surface area contributed by atoms with Crippen LogP contribution < -0.4 is 14.8 Å². The highest BCUT2D eigenvalue weighted by Crippen LogP contribution is 2.37. The van der Waals surface area contributed by atoms with Gasteiger partial charge in [0.25, 0.3) is 5.91 Å². The summed E-state index contributed by atoms with van der Waals surface area (Å²) < 4.78 is 48.8. The van der Waals surface area contributed by atoms with Crippen molar-refractivity contribution in [3.05, 3.63) is 83.8 Å². The zero-order valence-corrected chi connectivity index (χ0v) is 22.9. The molecular formula is C31H30F3N3O5. The Morgan fingerprint density at radius 2 is 1.71 bits per heavy atom. The second-order valence-corrected chi connectivity index (χ2v) is 10.5. The number of carboxylic acid groups (broad SMARTS) is 1. The number of nitrogens with one attached hydrogen (secondary N) is 1. The number of carbonyl (C=O) groups excluding carboxylic acids is 1. The number of pyridine rings is 1. The van der Waals surface area contributed by atoms with Crippen LogP contribution in [0.25, 0.3) is 16.8 Å². The molecule has 0 radical (unpaired) electrons. The second kappa shape index (κ2) is 12.1. The number of aromatic nitrogens is 2. The van der Waals surface area contributed by atoms with Crippen LogP contribution in [-0.4, -0.2) is 39.8 Å². The highest BCUT2D eigenvalue weighted by Gasteiger charge is 2.31. The van der Waals surface area contributed by atoms with Crippen molar-refractivity contribution in [2.45, 2.75) is 50.9 Å². The zero-order chi connectivity index (χ0) is 29.9. The summed E-state index contributed by atoms with van der Waals surface area (Å²) in [5.41, 5.74) is 4.24. The minimum absolute atomic E-state index is 0.0935. The third-order valence-corrected chi connectivity index (χ3v) is 7.63. The van der Waals surface area contributed by atoms with Gasteiger partial charge in [-0.2, -0.15) is 0 Å². The van der Waals surface area contributed by atoms with Gasteiger partial charge in [-0.15, -0.1) is 13.2 Å². The number of nitrogens with zero attached hydrogens (tertiary/aromatic N) is 2. The van der Waals surface area contributed by atoms with Crippen LogP contribution in [0.1, 0.15) is 59.6 Å². The SMILES string of the molecule is COc1ccc(OC(F)(F)F)cc1CNC(=O)c1cn2cc(-c3ccc([C@H]4CC[C@H](CC(=O)O)CC4)cc3)ccc2n1. The van der Waals surface area contributed by atoms with E-state index in [-0.39, 0.29) is 24.6 Å². The first-order chi connectivity index (χ1) is 20.1. The summed E-state index contributed by atoms with van der Waals surface area (Å²) in [5.74, 6) is -0.632. The summed E-state index contributed by atoms with van der Waals surface area (Å²) in [6, 6.07) is 15.8. The molecule has 1 amide bonds. The minimum atomic E-state index is -4.84. The van der Waals surface area contributed by atoms with E-state index >= 15 is 0 Å². The van der Waals surface area contributed by atoms with Gasteiger partial charge in [0.2, 0.25) is 0 Å². The highest BCUT2D eigenvalue weighted by atomic mass is 19.4. The number of methoxy groups -OCH3 is 1. The average Bonchev–Trinajstić information content (AvgIpc) is 3.39. The lowest BCUT2D eigenvalue weighted by Crippen LogP contribution is -2.23. The van der Waals surface area contributed by atoms with Gasteiger partial charge in [0.15, 0.2) is 0 Å². The molecule has 0 saturated heterocycles. The van der Waals surface area contributed by atoms with Gasteiger partial charge in [-0.25, -0.2) is 4.98 Å². The summed E-state index contributed by atoms with van der Waals surface area (Å²) in [6.07, 6.45) is 2.72. The van der Waals surface area contributed by atoms with Crippen LogP contribution in [0.4, 0.5) is 13.2 Å². The lowest BCUT2D eigenvalue weighted by Gasteiger charge is -2.28. The fourth-order valence-corrected chi connectivity index (χ4v) is 5.52. The van der Waals surface area contributed by atoms with Crippen LogP contribution in [0, 0.1) is 5.92 Å². The molecule has 42 heavy (non-hydrogen) atoms. The molecule has 0 atom stereocenters. The van der Waals surface area contributed by atoms with Crippen molar-refractivity contribution >= 4 is 17.5 Å². The van der Waals surface area contributed by atoms with Crippen LogP contribution in [-0.2, 0) is 11.3 Å². The Balaban J connectivity index is 1.24. The van der Waals surface area contributed by atoms with Crippen LogP contribution in [0.2, 0.25) is 0 Å². The van der Waals surface area contributed by atoms with Crippen molar-refractivity contribution in [3.63, 3.8) is 0 Å². The van der Waals surface area contributed by atoms with Crippen LogP contribution in [0.15, 0.2) is 67.0 Å². The smallest absolute Gasteiger partial charge is 0.496 e. The fourth-order valence-electron chi connectivity index (χ4n) is 5.52. The molecule has 0 bridgehead atoms. The molecule has 2 heterocycles. The lowest BCUT2D eigenvalue weighted by molar-refractivity contribution is -0.274. The molecule has 1 aliphatic carbocycles. The standard InChI is InChI=1S/C31H30F3N3O5/c1-41-27-12-11-25(42-31(32,33)34)15-24(27)16-35-30(40)26-18-37-17-23(10-13-28(37)36-26)22-8-6-21(7-9-22)20-4-2-19(3-5-20)14-29(38)39/h6-13,15,17-20H,2-5,14,16H2,1H3,(H,35,40)(H,38,39)/t19-,20-. The third-order valence-electron chi connectivity index (χ3n) is 7.63. The van der Waals surface area contributed by atoms with E-state index in [1.807, 2.05) is 18.3 Å². The van der Waals surface area contributed by atoms with Crippen molar-refractivity contribution in [1.29, 1.82) is 0 Å². The van der Waals surface area contributed by atoms with E-state index in [4.69, 9.17) is 9.84 Å². The highest BCUT2D eigenvalue weighted by molar-refractivity contribution is 5.93. The van der Waals surface area contributed by atoms with Crippen molar-refractivity contribution in [2.24, 2.45) is 5.92 Å². The number of alkyl halides is 3. The fraction of sp³-hybridized carbons (Fsp3) is 0.323. The number of benzene rings is 2. The number of imidazole rings is 1. The molecule has 0 unspecified atom stereocenters. The summed E-state index contributed by atoms with van der Waals surface area (Å²) >= 11 is 0. The van der Waals surface area contributed by atoms with E-state index in [1.165, 1.54) is 18.7 Å². The molecule has 0 aliphatic heterocycles. The summed E-state index contributed by atoms with van der Waals surface area (Å²) in [5, 5.41) is 11.7. The monoisotopic (exact) mass is 581 g/mol. The van der Waals surface area contributed by atoms with Gasteiger partial charge in [-0.1, -0.05) is 24.3 Å². The Labute approximate surface area is 240 Å². The van der Waals surface area contributed by atoms with E-state index in [2.05, 4.69) is 39.3 Å². The van der Waals surface area contributed by atoms with Gasteiger partial charge in [0, 0.05) is 30.9 Å². The van der Waals surface area contributed by atoms with Crippen LogP contribution in [0.5, 0.6) is 11.5 Å². The molecule has 2 aromatic heterocycles. The number of carbonyl (C=O) groups is 2. The summed E-state index contributed by atoms with van der Waals surface area (Å²) in [7, 11) is 1.38. The number of amides is 1. The average molecular weight is 582 g/mol. The topological polar surface area (TPSA) is 102 Å². The quantitative estimate of drug-likeness (QED) is 0.231. The molecule has 11 heteroatoms. The zero-order valence-electron chi connectivity index (χ0n) is 22.9. The Kier molecular flexibility index (Phi) is 8.37. The summed E-state index contributed by atoms with van der Waals surface area (Å²) in [4.78, 5) is 28.2. The van der Waals surface area contributed by atoms with E-state index in [1.54, 1.807) is 10.6 Å². The van der Waals surface area contributed by atoms with Gasteiger partial charge in [-0.05, 0) is 84.5 Å². The van der Waals surface area contributed by atoms with Crippen molar-refractivity contribution < 1.29 is 37.3 Å². The largest absolute Gasteiger partial charge is 0.573 e. The van der Waals surface area contributed by atoms with E-state index in [0.29, 0.717) is 22.9 Å². The van der Waals surface area contributed by atoms with Crippen molar-refractivity contribution in [1.82, 2.24) is 14.7 Å². The molecule has 0 spiro atoms. The maximum absolute atomic E-state index is 12.8. The number of fused-ring (bicyclic) bond motifs is 1.